The fourth-order valence-electron chi connectivity index (χ4n) is 0.824. The van der Waals surface area contributed by atoms with Gasteiger partial charge in [-0.15, -0.1) is 0 Å². The van der Waals surface area contributed by atoms with Crippen molar-refractivity contribution in [3.05, 3.63) is 24.4 Å². The van der Waals surface area contributed by atoms with Gasteiger partial charge in [-0.25, -0.2) is 4.99 Å². The van der Waals surface area contributed by atoms with Crippen molar-refractivity contribution >= 4 is 5.90 Å². The maximum Gasteiger partial charge on any atom is 0.185 e. The number of allylic oxidation sites excluding steroid dienone is 3. The summed E-state index contributed by atoms with van der Waals surface area (Å²) in [5.41, 5.74) is 0.906. The third kappa shape index (κ3) is 5.71. The van der Waals surface area contributed by atoms with Crippen LogP contribution in [0.3, 0.4) is 0 Å². The monoisotopic (exact) mass is 167 g/mol. The van der Waals surface area contributed by atoms with Crippen LogP contribution in [-0.2, 0) is 4.74 Å². The Hall–Kier alpha value is -1.05. The van der Waals surface area contributed by atoms with Crippen molar-refractivity contribution in [3.63, 3.8) is 0 Å². The van der Waals surface area contributed by atoms with Crippen LogP contribution in [0.4, 0.5) is 0 Å². The van der Waals surface area contributed by atoms with Crippen LogP contribution in [0.5, 0.6) is 0 Å². The Bertz CT molecular complexity index is 202. The highest BCUT2D eigenvalue weighted by molar-refractivity contribution is 5.74. The van der Waals surface area contributed by atoms with Crippen LogP contribution in [0.25, 0.3) is 0 Å². The van der Waals surface area contributed by atoms with E-state index in [1.807, 2.05) is 33.8 Å². The van der Waals surface area contributed by atoms with Crippen LogP contribution in [0.15, 0.2) is 29.4 Å². The number of nitrogens with zero attached hydrogens (tertiary/aromatic N) is 1. The zero-order valence-electron chi connectivity index (χ0n) is 8.29. The van der Waals surface area contributed by atoms with E-state index in [1.54, 1.807) is 6.08 Å². The molecule has 0 saturated carbocycles. The molecular formula is C10H17NO. The third-order valence-electron chi connectivity index (χ3n) is 1.10. The standard InChI is InChI=1S/C10H17NO/c1-6-7-9(4)11-10(5)12-8(2)3/h6-8H,1H2,2-5H3. The highest BCUT2D eigenvalue weighted by Crippen LogP contribution is 1.98. The number of ether oxygens (including phenoxy) is 1. The summed E-state index contributed by atoms with van der Waals surface area (Å²) in [5.74, 6) is 0.695. The second-order valence-electron chi connectivity index (χ2n) is 2.84. The van der Waals surface area contributed by atoms with Gasteiger partial charge in [-0.3, -0.25) is 0 Å². The van der Waals surface area contributed by atoms with Gasteiger partial charge in [0.1, 0.15) is 0 Å². The van der Waals surface area contributed by atoms with Crippen LogP contribution in [0.1, 0.15) is 27.7 Å². The second-order valence-corrected chi connectivity index (χ2v) is 2.84. The van der Waals surface area contributed by atoms with Gasteiger partial charge < -0.3 is 4.74 Å². The summed E-state index contributed by atoms with van der Waals surface area (Å²) in [7, 11) is 0. The molecule has 2 heteroatoms. The summed E-state index contributed by atoms with van der Waals surface area (Å²) >= 11 is 0. The Morgan fingerprint density at radius 3 is 2.42 bits per heavy atom. The molecule has 0 aromatic heterocycles. The van der Waals surface area contributed by atoms with E-state index in [9.17, 15) is 0 Å². The summed E-state index contributed by atoms with van der Waals surface area (Å²) in [5, 5.41) is 0. The van der Waals surface area contributed by atoms with E-state index in [2.05, 4.69) is 11.6 Å². The first-order valence-electron chi connectivity index (χ1n) is 4.07. The van der Waals surface area contributed by atoms with Gasteiger partial charge >= 0.3 is 0 Å². The van der Waals surface area contributed by atoms with Gasteiger partial charge in [-0.2, -0.15) is 0 Å². The van der Waals surface area contributed by atoms with Gasteiger partial charge in [0.15, 0.2) is 5.90 Å². The van der Waals surface area contributed by atoms with Crippen molar-refractivity contribution in [2.24, 2.45) is 4.99 Å². The molecule has 0 aliphatic carbocycles. The minimum atomic E-state index is 0.185. The second kappa shape index (κ2) is 5.58. The molecule has 68 valence electrons. The van der Waals surface area contributed by atoms with Crippen LogP contribution in [-0.4, -0.2) is 12.0 Å². The predicted molar refractivity (Wildman–Crippen MR) is 53.3 cm³/mol. The lowest BCUT2D eigenvalue weighted by Gasteiger charge is -2.07. The molecule has 0 radical (unpaired) electrons. The van der Waals surface area contributed by atoms with E-state index in [1.165, 1.54) is 0 Å². The molecule has 0 amide bonds. The molecule has 0 atom stereocenters. The van der Waals surface area contributed by atoms with Crippen molar-refractivity contribution in [1.29, 1.82) is 0 Å². The van der Waals surface area contributed by atoms with E-state index in [-0.39, 0.29) is 6.10 Å². The largest absolute Gasteiger partial charge is 0.478 e. The summed E-state index contributed by atoms with van der Waals surface area (Å²) in [6, 6.07) is 0. The molecule has 0 aromatic rings. The molecule has 0 rings (SSSR count). The molecule has 0 aliphatic heterocycles. The maximum atomic E-state index is 5.34. The average molecular weight is 167 g/mol. The molecular weight excluding hydrogens is 150 g/mol. The van der Waals surface area contributed by atoms with E-state index in [4.69, 9.17) is 4.74 Å². The number of hydrogen-bond donors (Lipinski definition) is 0. The van der Waals surface area contributed by atoms with Crippen molar-refractivity contribution in [2.45, 2.75) is 33.8 Å². The van der Waals surface area contributed by atoms with Gasteiger partial charge in [0, 0.05) is 12.6 Å². The Kier molecular flexibility index (Phi) is 5.09. The smallest absolute Gasteiger partial charge is 0.185 e. The zero-order chi connectivity index (χ0) is 9.56. The molecule has 12 heavy (non-hydrogen) atoms. The SMILES string of the molecule is C=CC=C(C)N=C(C)OC(C)C. The molecule has 0 heterocycles. The van der Waals surface area contributed by atoms with Crippen LogP contribution in [0, 0.1) is 0 Å². The molecule has 0 bridgehead atoms. The molecule has 2 nitrogen and oxygen atoms in total. The van der Waals surface area contributed by atoms with E-state index >= 15 is 0 Å². The first-order chi connectivity index (χ1) is 5.56. The lowest BCUT2D eigenvalue weighted by Crippen LogP contribution is -2.07. The third-order valence-corrected chi connectivity index (χ3v) is 1.10. The molecule has 0 N–H and O–H groups in total. The minimum absolute atomic E-state index is 0.185. The first-order valence-corrected chi connectivity index (χ1v) is 4.07. The summed E-state index contributed by atoms with van der Waals surface area (Å²) < 4.78 is 5.34. The van der Waals surface area contributed by atoms with Crippen LogP contribution < -0.4 is 0 Å². The predicted octanol–water partition coefficient (Wildman–Crippen LogP) is 2.92. The maximum absolute atomic E-state index is 5.34. The Balaban J connectivity index is 4.15. The zero-order valence-corrected chi connectivity index (χ0v) is 8.29. The minimum Gasteiger partial charge on any atom is -0.478 e. The molecule has 0 spiro atoms. The summed E-state index contributed by atoms with van der Waals surface area (Å²) in [6.07, 6.45) is 3.74. The molecule has 0 aromatic carbocycles. The highest BCUT2D eigenvalue weighted by atomic mass is 16.5. The number of rotatable bonds is 3. The average Bonchev–Trinajstić information content (AvgIpc) is 1.84. The first kappa shape index (κ1) is 11.0. The number of aliphatic imine (C=N–C) groups is 1. The van der Waals surface area contributed by atoms with E-state index < -0.39 is 0 Å². The fourth-order valence-corrected chi connectivity index (χ4v) is 0.824. The van der Waals surface area contributed by atoms with Gasteiger partial charge in [-0.05, 0) is 26.8 Å². The van der Waals surface area contributed by atoms with Crippen molar-refractivity contribution in [2.75, 3.05) is 0 Å². The van der Waals surface area contributed by atoms with Gasteiger partial charge in [0.05, 0.1) is 6.10 Å². The lowest BCUT2D eigenvalue weighted by molar-refractivity contribution is 0.226. The molecule has 0 saturated heterocycles. The van der Waals surface area contributed by atoms with Gasteiger partial charge in [-0.1, -0.05) is 12.7 Å². The fraction of sp³-hybridized carbons (Fsp3) is 0.500. The van der Waals surface area contributed by atoms with E-state index in [0.29, 0.717) is 5.90 Å². The van der Waals surface area contributed by atoms with E-state index in [0.717, 1.165) is 5.70 Å². The van der Waals surface area contributed by atoms with Gasteiger partial charge in [0.2, 0.25) is 0 Å². The van der Waals surface area contributed by atoms with Crippen molar-refractivity contribution in [3.8, 4) is 0 Å². The normalized spacial score (nSPS) is 13.4. The van der Waals surface area contributed by atoms with Crippen molar-refractivity contribution in [1.82, 2.24) is 0 Å². The summed E-state index contributed by atoms with van der Waals surface area (Å²) in [4.78, 5) is 4.19. The van der Waals surface area contributed by atoms with Gasteiger partial charge in [0.25, 0.3) is 0 Å². The van der Waals surface area contributed by atoms with Crippen LogP contribution in [0.2, 0.25) is 0 Å². The molecule has 0 fully saturated rings. The Morgan fingerprint density at radius 2 is 2.00 bits per heavy atom. The quantitative estimate of drug-likeness (QED) is 0.360. The topological polar surface area (TPSA) is 21.6 Å². The highest BCUT2D eigenvalue weighted by Gasteiger charge is 1.95. The molecule has 0 aliphatic rings. The van der Waals surface area contributed by atoms with Crippen molar-refractivity contribution < 1.29 is 4.74 Å². The number of hydrogen-bond acceptors (Lipinski definition) is 2. The molecule has 0 unspecified atom stereocenters. The van der Waals surface area contributed by atoms with Crippen LogP contribution >= 0.6 is 0 Å². The lowest BCUT2D eigenvalue weighted by atomic mass is 10.4. The summed E-state index contributed by atoms with van der Waals surface area (Å²) in [6.45, 7) is 11.3. The Morgan fingerprint density at radius 1 is 1.42 bits per heavy atom. The Labute approximate surface area is 74.7 Å².